The second kappa shape index (κ2) is 8.32. The maximum Gasteiger partial charge on any atom is 0.330 e. The van der Waals surface area contributed by atoms with Gasteiger partial charge in [0.1, 0.15) is 5.56 Å². The van der Waals surface area contributed by atoms with Crippen molar-refractivity contribution in [1.82, 2.24) is 9.13 Å². The second-order valence-corrected chi connectivity index (χ2v) is 5.91. The molecule has 0 radical (unpaired) electrons. The van der Waals surface area contributed by atoms with Gasteiger partial charge in [-0.3, -0.25) is 18.7 Å². The molecule has 1 aromatic rings. The van der Waals surface area contributed by atoms with E-state index in [4.69, 9.17) is 0 Å². The Bertz CT molecular complexity index is 604. The van der Waals surface area contributed by atoms with Gasteiger partial charge in [0, 0.05) is 19.3 Å². The zero-order valence-corrected chi connectivity index (χ0v) is 14.5. The first kappa shape index (κ1) is 17.9. The second-order valence-electron chi connectivity index (χ2n) is 5.35. The van der Waals surface area contributed by atoms with Crippen LogP contribution in [0.2, 0.25) is 0 Å². The summed E-state index contributed by atoms with van der Waals surface area (Å²) in [6.07, 6.45) is 6.79. The Labute approximate surface area is 133 Å². The van der Waals surface area contributed by atoms with Gasteiger partial charge in [-0.05, 0) is 13.3 Å². The third-order valence-corrected chi connectivity index (χ3v) is 4.19. The number of halogens is 1. The number of rotatable bonds is 8. The summed E-state index contributed by atoms with van der Waals surface area (Å²) in [5.74, 6) is -0.303. The molecule has 1 heterocycles. The lowest BCUT2D eigenvalue weighted by atomic mass is 10.1. The molecule has 0 aromatic carbocycles. The molecule has 0 fully saturated rings. The molecular formula is C15H23BrN2O3. The van der Waals surface area contributed by atoms with E-state index in [1.165, 1.54) is 24.2 Å². The molecule has 0 amide bonds. The summed E-state index contributed by atoms with van der Waals surface area (Å²) >= 11 is 3.06. The molecule has 6 heteroatoms. The lowest BCUT2D eigenvalue weighted by molar-refractivity contribution is 0.102. The highest BCUT2D eigenvalue weighted by Crippen LogP contribution is 2.14. The van der Waals surface area contributed by atoms with Gasteiger partial charge in [-0.25, -0.2) is 4.79 Å². The highest BCUT2D eigenvalue weighted by Gasteiger charge is 2.17. The normalized spacial score (nSPS) is 12.4. The van der Waals surface area contributed by atoms with E-state index in [1.807, 2.05) is 6.92 Å². The number of unbranched alkanes of at least 4 members (excludes halogenated alkanes) is 3. The Morgan fingerprint density at radius 2 is 1.95 bits per heavy atom. The van der Waals surface area contributed by atoms with Crippen LogP contribution in [0.15, 0.2) is 15.8 Å². The van der Waals surface area contributed by atoms with Gasteiger partial charge >= 0.3 is 5.69 Å². The minimum atomic E-state index is -0.529. The molecule has 0 aliphatic rings. The van der Waals surface area contributed by atoms with Gasteiger partial charge in [0.15, 0.2) is 5.78 Å². The number of ketones is 1. The molecule has 0 aliphatic carbocycles. The third-order valence-electron chi connectivity index (χ3n) is 3.68. The molecule has 118 valence electrons. The van der Waals surface area contributed by atoms with E-state index >= 15 is 0 Å². The summed E-state index contributed by atoms with van der Waals surface area (Å²) in [5, 5.41) is 0.0747. The van der Waals surface area contributed by atoms with Crippen LogP contribution < -0.4 is 11.2 Å². The molecule has 0 aliphatic heterocycles. The van der Waals surface area contributed by atoms with E-state index < -0.39 is 5.56 Å². The van der Waals surface area contributed by atoms with E-state index in [1.54, 1.807) is 0 Å². The van der Waals surface area contributed by atoms with Crippen molar-refractivity contribution in [2.24, 2.45) is 7.05 Å². The van der Waals surface area contributed by atoms with Crippen molar-refractivity contribution in [3.05, 3.63) is 32.6 Å². The molecule has 0 saturated heterocycles. The number of aromatic nitrogens is 2. The van der Waals surface area contributed by atoms with Crippen LogP contribution in [0.3, 0.4) is 0 Å². The summed E-state index contributed by atoms with van der Waals surface area (Å²) in [6, 6.07) is -0.0250. The number of carbonyl (C=O) groups excluding carboxylic acids is 1. The SMILES string of the molecule is CCCCCC[C@@H](C)n1cc(C(=O)CBr)c(=O)n(C)c1=O. The lowest BCUT2D eigenvalue weighted by Crippen LogP contribution is -2.41. The molecule has 0 spiro atoms. The van der Waals surface area contributed by atoms with E-state index in [0.29, 0.717) is 0 Å². The van der Waals surface area contributed by atoms with Crippen LogP contribution in [-0.2, 0) is 7.05 Å². The van der Waals surface area contributed by atoms with Gasteiger partial charge in [-0.15, -0.1) is 0 Å². The Balaban J connectivity index is 3.07. The molecule has 1 aromatic heterocycles. The molecule has 0 bridgehead atoms. The maximum absolute atomic E-state index is 12.2. The number of alkyl halides is 1. The van der Waals surface area contributed by atoms with E-state index in [2.05, 4.69) is 22.9 Å². The summed E-state index contributed by atoms with van der Waals surface area (Å²) in [7, 11) is 1.41. The first-order chi connectivity index (χ1) is 9.93. The minimum absolute atomic E-state index is 0.0250. The quantitative estimate of drug-likeness (QED) is 0.407. The Hall–Kier alpha value is -1.17. The minimum Gasteiger partial charge on any atom is -0.297 e. The summed E-state index contributed by atoms with van der Waals surface area (Å²) in [6.45, 7) is 4.10. The highest BCUT2D eigenvalue weighted by atomic mass is 79.9. The zero-order valence-electron chi connectivity index (χ0n) is 12.9. The Morgan fingerprint density at radius 3 is 2.52 bits per heavy atom. The molecular weight excluding hydrogens is 336 g/mol. The average Bonchev–Trinajstić information content (AvgIpc) is 2.48. The fourth-order valence-electron chi connectivity index (χ4n) is 2.27. The van der Waals surface area contributed by atoms with Crippen LogP contribution in [0.4, 0.5) is 0 Å². The van der Waals surface area contributed by atoms with E-state index in [0.717, 1.165) is 30.3 Å². The number of hydrogen-bond acceptors (Lipinski definition) is 3. The first-order valence-electron chi connectivity index (χ1n) is 7.35. The van der Waals surface area contributed by atoms with Crippen molar-refractivity contribution in [2.75, 3.05) is 5.33 Å². The van der Waals surface area contributed by atoms with E-state index in [-0.39, 0.29) is 28.4 Å². The lowest BCUT2D eigenvalue weighted by Gasteiger charge is -2.17. The molecule has 5 nitrogen and oxygen atoms in total. The van der Waals surface area contributed by atoms with Gasteiger partial charge in [0.05, 0.1) is 5.33 Å². The largest absolute Gasteiger partial charge is 0.330 e. The van der Waals surface area contributed by atoms with Crippen molar-refractivity contribution in [3.63, 3.8) is 0 Å². The Morgan fingerprint density at radius 1 is 1.29 bits per heavy atom. The van der Waals surface area contributed by atoms with Crippen LogP contribution in [-0.4, -0.2) is 20.2 Å². The predicted octanol–water partition coefficient (Wildman–Crippen LogP) is 2.66. The highest BCUT2D eigenvalue weighted by molar-refractivity contribution is 9.09. The topological polar surface area (TPSA) is 61.1 Å². The molecule has 1 atom stereocenters. The molecule has 1 rings (SSSR count). The number of hydrogen-bond donors (Lipinski definition) is 0. The molecule has 0 N–H and O–H groups in total. The molecule has 0 unspecified atom stereocenters. The van der Waals surface area contributed by atoms with Gasteiger partial charge in [0.2, 0.25) is 0 Å². The summed E-state index contributed by atoms with van der Waals surface area (Å²) in [5.41, 5.74) is -0.831. The maximum atomic E-state index is 12.2. The van der Waals surface area contributed by atoms with Crippen molar-refractivity contribution >= 4 is 21.7 Å². The van der Waals surface area contributed by atoms with Crippen molar-refractivity contribution in [3.8, 4) is 0 Å². The van der Waals surface area contributed by atoms with Crippen molar-refractivity contribution < 1.29 is 4.79 Å². The van der Waals surface area contributed by atoms with Gasteiger partial charge in [0.25, 0.3) is 5.56 Å². The number of carbonyl (C=O) groups is 1. The van der Waals surface area contributed by atoms with Crippen LogP contribution in [0.5, 0.6) is 0 Å². The van der Waals surface area contributed by atoms with E-state index in [9.17, 15) is 14.4 Å². The Kier molecular flexibility index (Phi) is 7.08. The predicted molar refractivity (Wildman–Crippen MR) is 87.5 cm³/mol. The first-order valence-corrected chi connectivity index (χ1v) is 8.47. The fraction of sp³-hybridized carbons (Fsp3) is 0.667. The monoisotopic (exact) mass is 358 g/mol. The van der Waals surface area contributed by atoms with Crippen molar-refractivity contribution in [1.29, 1.82) is 0 Å². The standard InChI is InChI=1S/C15H23BrN2O3/c1-4-5-6-7-8-11(2)18-10-12(13(19)9-16)14(20)17(3)15(18)21/h10-11H,4-9H2,1-3H3/t11-/m1/s1. The van der Waals surface area contributed by atoms with Crippen LogP contribution in [0.25, 0.3) is 0 Å². The zero-order chi connectivity index (χ0) is 16.0. The molecule has 0 saturated carbocycles. The summed E-state index contributed by atoms with van der Waals surface area (Å²) < 4.78 is 2.52. The van der Waals surface area contributed by atoms with Crippen LogP contribution in [0, 0.1) is 0 Å². The van der Waals surface area contributed by atoms with Crippen molar-refractivity contribution in [2.45, 2.75) is 52.0 Å². The van der Waals surface area contributed by atoms with Crippen LogP contribution >= 0.6 is 15.9 Å². The summed E-state index contributed by atoms with van der Waals surface area (Å²) in [4.78, 5) is 36.0. The number of nitrogens with zero attached hydrogens (tertiary/aromatic N) is 2. The van der Waals surface area contributed by atoms with Gasteiger partial charge < -0.3 is 0 Å². The average molecular weight is 359 g/mol. The fourth-order valence-corrected chi connectivity index (χ4v) is 2.58. The van der Waals surface area contributed by atoms with Crippen LogP contribution in [0.1, 0.15) is 62.4 Å². The van der Waals surface area contributed by atoms with Gasteiger partial charge in [-0.1, -0.05) is 48.5 Å². The number of Topliss-reactive ketones (excluding diaryl/α,β-unsaturated/α-hetero) is 1. The molecule has 21 heavy (non-hydrogen) atoms. The smallest absolute Gasteiger partial charge is 0.297 e. The third kappa shape index (κ3) is 4.40. The van der Waals surface area contributed by atoms with Gasteiger partial charge in [-0.2, -0.15) is 0 Å².